The van der Waals surface area contributed by atoms with Crippen LogP contribution in [0.2, 0.25) is 10.0 Å². The highest BCUT2D eigenvalue weighted by atomic mass is 35.5. The van der Waals surface area contributed by atoms with E-state index in [-0.39, 0.29) is 11.7 Å². The summed E-state index contributed by atoms with van der Waals surface area (Å²) >= 11 is 13.3. The van der Waals surface area contributed by atoms with Crippen molar-refractivity contribution in [3.8, 4) is 17.1 Å². The summed E-state index contributed by atoms with van der Waals surface area (Å²) < 4.78 is 1.91. The average molecular weight is 496 g/mol. The maximum absolute atomic E-state index is 12.4. The summed E-state index contributed by atoms with van der Waals surface area (Å²) in [4.78, 5) is 12.4. The van der Waals surface area contributed by atoms with Crippen LogP contribution in [0.15, 0.2) is 89.1 Å². The molecule has 0 unspecified atom stereocenters. The summed E-state index contributed by atoms with van der Waals surface area (Å²) in [6, 6.07) is 24.4. The molecule has 0 aliphatic heterocycles. The molecule has 166 valence electrons. The van der Waals surface area contributed by atoms with Crippen LogP contribution in [0.5, 0.6) is 0 Å². The quantitative estimate of drug-likeness (QED) is 0.197. The van der Waals surface area contributed by atoms with Gasteiger partial charge in [0.25, 0.3) is 5.91 Å². The summed E-state index contributed by atoms with van der Waals surface area (Å²) in [7, 11) is 0. The molecule has 0 saturated carbocycles. The van der Waals surface area contributed by atoms with Gasteiger partial charge < -0.3 is 0 Å². The predicted octanol–water partition coefficient (Wildman–Crippen LogP) is 5.87. The molecule has 0 fully saturated rings. The summed E-state index contributed by atoms with van der Waals surface area (Å²) in [6.07, 6.45) is 0. The van der Waals surface area contributed by atoms with Crippen LogP contribution in [-0.2, 0) is 4.79 Å². The lowest BCUT2D eigenvalue weighted by Gasteiger charge is -2.10. The minimum absolute atomic E-state index is 0.123. The van der Waals surface area contributed by atoms with Crippen LogP contribution in [0, 0.1) is 0 Å². The first-order chi connectivity index (χ1) is 16.0. The van der Waals surface area contributed by atoms with Gasteiger partial charge in [0, 0.05) is 21.3 Å². The van der Waals surface area contributed by atoms with Crippen molar-refractivity contribution in [1.29, 1.82) is 0 Å². The van der Waals surface area contributed by atoms with Crippen LogP contribution in [-0.4, -0.2) is 32.1 Å². The van der Waals surface area contributed by atoms with E-state index in [1.165, 1.54) is 11.8 Å². The second kappa shape index (κ2) is 10.7. The average Bonchev–Trinajstić information content (AvgIpc) is 3.26. The van der Waals surface area contributed by atoms with E-state index in [1.54, 1.807) is 24.3 Å². The third-order valence-corrected chi connectivity index (χ3v) is 6.13. The first kappa shape index (κ1) is 23.0. The van der Waals surface area contributed by atoms with E-state index in [2.05, 4.69) is 20.7 Å². The van der Waals surface area contributed by atoms with Crippen LogP contribution in [0.1, 0.15) is 12.5 Å². The van der Waals surface area contributed by atoms with Crippen molar-refractivity contribution < 1.29 is 4.79 Å². The Balaban J connectivity index is 1.51. The van der Waals surface area contributed by atoms with Gasteiger partial charge in [0.15, 0.2) is 11.0 Å². The number of nitrogens with zero attached hydrogens (tertiary/aromatic N) is 4. The molecule has 0 spiro atoms. The lowest BCUT2D eigenvalue weighted by Crippen LogP contribution is -2.21. The van der Waals surface area contributed by atoms with Crippen molar-refractivity contribution in [3.63, 3.8) is 0 Å². The molecule has 33 heavy (non-hydrogen) atoms. The molecule has 0 aliphatic carbocycles. The van der Waals surface area contributed by atoms with Gasteiger partial charge in [-0.25, -0.2) is 5.43 Å². The molecule has 9 heteroatoms. The van der Waals surface area contributed by atoms with Gasteiger partial charge >= 0.3 is 0 Å². The number of benzene rings is 3. The molecule has 0 aliphatic rings. The van der Waals surface area contributed by atoms with Gasteiger partial charge in [-0.15, -0.1) is 10.2 Å². The van der Waals surface area contributed by atoms with Crippen molar-refractivity contribution in [1.82, 2.24) is 20.2 Å². The van der Waals surface area contributed by atoms with Gasteiger partial charge in [0.1, 0.15) is 0 Å². The number of halogens is 2. The zero-order valence-electron chi connectivity index (χ0n) is 17.6. The number of aromatic nitrogens is 3. The molecular weight excluding hydrogens is 477 g/mol. The molecule has 0 bridgehead atoms. The Hall–Kier alpha value is -3.13. The zero-order chi connectivity index (χ0) is 23.2. The Morgan fingerprint density at radius 2 is 1.58 bits per heavy atom. The van der Waals surface area contributed by atoms with Crippen molar-refractivity contribution in [3.05, 3.63) is 94.5 Å². The van der Waals surface area contributed by atoms with Gasteiger partial charge in [-0.3, -0.25) is 9.36 Å². The number of amides is 1. The third kappa shape index (κ3) is 5.82. The minimum atomic E-state index is -0.250. The van der Waals surface area contributed by atoms with Gasteiger partial charge in [-0.2, -0.15) is 5.10 Å². The second-order valence-electron chi connectivity index (χ2n) is 7.01. The maximum atomic E-state index is 12.4. The molecule has 0 atom stereocenters. The highest BCUT2D eigenvalue weighted by molar-refractivity contribution is 7.99. The smallest absolute Gasteiger partial charge is 0.250 e. The summed E-state index contributed by atoms with van der Waals surface area (Å²) in [5.74, 6) is 0.551. The van der Waals surface area contributed by atoms with Crippen LogP contribution in [0.4, 0.5) is 0 Å². The molecule has 0 saturated heterocycles. The molecule has 1 heterocycles. The van der Waals surface area contributed by atoms with Crippen molar-refractivity contribution in [2.75, 3.05) is 5.75 Å². The summed E-state index contributed by atoms with van der Waals surface area (Å²) in [5.41, 5.74) is 5.92. The lowest BCUT2D eigenvalue weighted by molar-refractivity contribution is -0.118. The Kier molecular flexibility index (Phi) is 7.44. The van der Waals surface area contributed by atoms with E-state index in [0.717, 1.165) is 16.8 Å². The van der Waals surface area contributed by atoms with E-state index in [9.17, 15) is 4.79 Å². The van der Waals surface area contributed by atoms with Crippen molar-refractivity contribution >= 4 is 46.6 Å². The number of hydrogen-bond donors (Lipinski definition) is 1. The Labute approximate surface area is 205 Å². The van der Waals surface area contributed by atoms with E-state index < -0.39 is 0 Å². The fraction of sp³-hybridized carbons (Fsp3) is 0.0833. The number of rotatable bonds is 7. The second-order valence-corrected chi connectivity index (χ2v) is 8.83. The first-order valence-corrected chi connectivity index (χ1v) is 11.7. The van der Waals surface area contributed by atoms with Crippen LogP contribution in [0.3, 0.4) is 0 Å². The standard InChI is InChI=1S/C24H19Cl2N5OS/c1-16(17-7-9-19(25)10-8-17)27-28-22(32)15-33-24-30-29-23(18-5-3-2-4-6-18)31(24)21-13-11-20(26)12-14-21/h2-14H,15H2,1H3,(H,28,32). The van der Waals surface area contributed by atoms with E-state index in [0.29, 0.717) is 26.7 Å². The van der Waals surface area contributed by atoms with Gasteiger partial charge in [-0.05, 0) is 48.9 Å². The number of hydrogen-bond acceptors (Lipinski definition) is 5. The first-order valence-electron chi connectivity index (χ1n) is 10.00. The van der Waals surface area contributed by atoms with E-state index in [4.69, 9.17) is 23.2 Å². The largest absolute Gasteiger partial charge is 0.272 e. The minimum Gasteiger partial charge on any atom is -0.272 e. The highest BCUT2D eigenvalue weighted by Gasteiger charge is 2.17. The van der Waals surface area contributed by atoms with Crippen molar-refractivity contribution in [2.45, 2.75) is 12.1 Å². The third-order valence-electron chi connectivity index (χ3n) is 4.69. The predicted molar refractivity (Wildman–Crippen MR) is 134 cm³/mol. The number of thioether (sulfide) groups is 1. The van der Waals surface area contributed by atoms with Crippen LogP contribution >= 0.6 is 35.0 Å². The monoisotopic (exact) mass is 495 g/mol. The topological polar surface area (TPSA) is 72.2 Å². The normalized spacial score (nSPS) is 11.4. The van der Waals surface area contributed by atoms with Crippen LogP contribution in [0.25, 0.3) is 17.1 Å². The molecule has 1 N–H and O–H groups in total. The number of carbonyl (C=O) groups excluding carboxylic acids is 1. The fourth-order valence-corrected chi connectivity index (χ4v) is 4.02. The maximum Gasteiger partial charge on any atom is 0.250 e. The number of carbonyl (C=O) groups is 1. The van der Waals surface area contributed by atoms with Gasteiger partial charge in [-0.1, -0.05) is 77.4 Å². The van der Waals surface area contributed by atoms with Gasteiger partial charge in [0.05, 0.1) is 11.5 Å². The zero-order valence-corrected chi connectivity index (χ0v) is 19.9. The molecule has 3 aromatic carbocycles. The molecular formula is C24H19Cl2N5OS. The molecule has 4 rings (SSSR count). The van der Waals surface area contributed by atoms with Crippen LogP contribution < -0.4 is 5.43 Å². The summed E-state index contributed by atoms with van der Waals surface area (Å²) in [5, 5.41) is 14.8. The Morgan fingerprint density at radius 3 is 2.24 bits per heavy atom. The van der Waals surface area contributed by atoms with Crippen molar-refractivity contribution in [2.24, 2.45) is 5.10 Å². The SMILES string of the molecule is CC(=NNC(=O)CSc1nnc(-c2ccccc2)n1-c1ccc(Cl)cc1)c1ccc(Cl)cc1. The summed E-state index contributed by atoms with van der Waals surface area (Å²) in [6.45, 7) is 1.82. The van der Waals surface area contributed by atoms with E-state index in [1.807, 2.05) is 66.1 Å². The molecule has 1 aromatic heterocycles. The molecule has 4 aromatic rings. The molecule has 0 radical (unpaired) electrons. The van der Waals surface area contributed by atoms with Gasteiger partial charge in [0.2, 0.25) is 0 Å². The Bertz CT molecular complexity index is 1270. The number of nitrogens with one attached hydrogen (secondary N) is 1. The molecule has 6 nitrogen and oxygen atoms in total. The highest BCUT2D eigenvalue weighted by Crippen LogP contribution is 2.28. The fourth-order valence-electron chi connectivity index (χ4n) is 3.02. The molecule has 1 amide bonds. The van der Waals surface area contributed by atoms with E-state index >= 15 is 0 Å². The lowest BCUT2D eigenvalue weighted by atomic mass is 10.1. The number of hydrazone groups is 1. The Morgan fingerprint density at radius 1 is 0.939 bits per heavy atom.